The predicted octanol–water partition coefficient (Wildman–Crippen LogP) is -0.833. The van der Waals surface area contributed by atoms with Gasteiger partial charge in [-0.25, -0.2) is 0 Å². The smallest absolute Gasteiger partial charge is 0.287 e. The summed E-state index contributed by atoms with van der Waals surface area (Å²) in [5.41, 5.74) is 0. The molecule has 0 radical (unpaired) electrons. The van der Waals surface area contributed by atoms with Crippen molar-refractivity contribution < 1.29 is 29.0 Å². The van der Waals surface area contributed by atoms with E-state index in [1.54, 1.807) is 6.07 Å². The molecule has 2 fully saturated rings. The normalized spacial score (nSPS) is 30.2. The molecule has 2 amide bonds. The molecular weight excluding hydrogens is 304 g/mol. The quantitative estimate of drug-likeness (QED) is 0.542. The average molecular weight is 324 g/mol. The van der Waals surface area contributed by atoms with Crippen LogP contribution in [0.2, 0.25) is 0 Å². The molecule has 4 unspecified atom stereocenters. The zero-order chi connectivity index (χ0) is 16.4. The lowest BCUT2D eigenvalue weighted by Gasteiger charge is -2.14. The second-order valence-electron chi connectivity index (χ2n) is 5.93. The monoisotopic (exact) mass is 324 g/mol. The number of aliphatic hydroxyl groups excluding tert-OH is 2. The van der Waals surface area contributed by atoms with Crippen molar-refractivity contribution in [2.45, 2.75) is 49.7 Å². The van der Waals surface area contributed by atoms with Crippen molar-refractivity contribution in [3.8, 4) is 0 Å². The van der Waals surface area contributed by atoms with Gasteiger partial charge in [-0.3, -0.25) is 9.59 Å². The molecule has 1 aliphatic heterocycles. The van der Waals surface area contributed by atoms with Crippen molar-refractivity contribution in [3.05, 3.63) is 24.2 Å². The molecule has 1 saturated heterocycles. The van der Waals surface area contributed by atoms with Gasteiger partial charge in [-0.1, -0.05) is 0 Å². The van der Waals surface area contributed by atoms with E-state index in [0.717, 1.165) is 12.8 Å². The summed E-state index contributed by atoms with van der Waals surface area (Å²) in [4.78, 5) is 23.5. The van der Waals surface area contributed by atoms with Gasteiger partial charge in [0.1, 0.15) is 18.3 Å². The van der Waals surface area contributed by atoms with Gasteiger partial charge in [0.05, 0.1) is 18.8 Å². The number of carbonyl (C=O) groups is 2. The first-order valence-corrected chi connectivity index (χ1v) is 7.67. The van der Waals surface area contributed by atoms with Crippen LogP contribution in [0.1, 0.15) is 29.8 Å². The number of aliphatic hydroxyl groups is 2. The minimum Gasteiger partial charge on any atom is -0.459 e. The third-order valence-corrected chi connectivity index (χ3v) is 4.00. The van der Waals surface area contributed by atoms with Crippen LogP contribution >= 0.6 is 0 Å². The van der Waals surface area contributed by atoms with E-state index in [4.69, 9.17) is 9.15 Å². The van der Waals surface area contributed by atoms with Crippen molar-refractivity contribution in [1.82, 2.24) is 10.6 Å². The number of carbonyl (C=O) groups excluding carboxylic acids is 2. The van der Waals surface area contributed by atoms with Gasteiger partial charge in [0.25, 0.3) is 5.91 Å². The van der Waals surface area contributed by atoms with Crippen molar-refractivity contribution in [3.63, 3.8) is 0 Å². The van der Waals surface area contributed by atoms with E-state index in [1.807, 2.05) is 0 Å². The van der Waals surface area contributed by atoms with Gasteiger partial charge in [0.15, 0.2) is 5.76 Å². The molecule has 2 aliphatic rings. The van der Waals surface area contributed by atoms with Crippen LogP contribution in [0.3, 0.4) is 0 Å². The molecule has 1 aliphatic carbocycles. The Morgan fingerprint density at radius 1 is 1.22 bits per heavy atom. The lowest BCUT2D eigenvalue weighted by Crippen LogP contribution is -2.40. The standard InChI is InChI=1S/C15H20N2O6/c18-12(17-8-3-4-8)6-10-13(19)14(20)11(23-10)7-16-15(21)9-2-1-5-22-9/h1-2,5,8,10-11,13-14,19-20H,3-4,6-7H2,(H,16,21)(H,17,18). The second-order valence-corrected chi connectivity index (χ2v) is 5.93. The Morgan fingerprint density at radius 2 is 1.96 bits per heavy atom. The third kappa shape index (κ3) is 3.90. The highest BCUT2D eigenvalue weighted by molar-refractivity contribution is 5.91. The zero-order valence-corrected chi connectivity index (χ0v) is 12.5. The van der Waals surface area contributed by atoms with Crippen molar-refractivity contribution in [1.29, 1.82) is 0 Å². The summed E-state index contributed by atoms with van der Waals surface area (Å²) in [6.45, 7) is 0.0124. The van der Waals surface area contributed by atoms with E-state index in [-0.39, 0.29) is 30.7 Å². The van der Waals surface area contributed by atoms with Gasteiger partial charge in [0.2, 0.25) is 5.91 Å². The molecule has 4 atom stereocenters. The molecule has 8 nitrogen and oxygen atoms in total. The first kappa shape index (κ1) is 16.0. The highest BCUT2D eigenvalue weighted by Crippen LogP contribution is 2.24. The maximum absolute atomic E-state index is 11.8. The minimum absolute atomic E-state index is 0.0124. The van der Waals surface area contributed by atoms with E-state index >= 15 is 0 Å². The van der Waals surface area contributed by atoms with Crippen LogP contribution in [0.4, 0.5) is 0 Å². The average Bonchev–Trinajstić information content (AvgIpc) is 3.08. The topological polar surface area (TPSA) is 121 Å². The van der Waals surface area contributed by atoms with Crippen LogP contribution in [0.5, 0.6) is 0 Å². The summed E-state index contributed by atoms with van der Waals surface area (Å²) in [7, 11) is 0. The molecule has 0 spiro atoms. The summed E-state index contributed by atoms with van der Waals surface area (Å²) in [6, 6.07) is 3.34. The second kappa shape index (κ2) is 6.69. The van der Waals surface area contributed by atoms with Crippen LogP contribution in [0, 0.1) is 0 Å². The molecule has 0 aromatic carbocycles. The zero-order valence-electron chi connectivity index (χ0n) is 12.5. The van der Waals surface area contributed by atoms with E-state index in [1.165, 1.54) is 12.3 Å². The Labute approximate surface area is 132 Å². The van der Waals surface area contributed by atoms with E-state index in [9.17, 15) is 19.8 Å². The van der Waals surface area contributed by atoms with Gasteiger partial charge >= 0.3 is 0 Å². The van der Waals surface area contributed by atoms with Crippen LogP contribution in [0.25, 0.3) is 0 Å². The van der Waals surface area contributed by atoms with Crippen molar-refractivity contribution >= 4 is 11.8 Å². The molecule has 1 saturated carbocycles. The Bertz CT molecular complexity index is 556. The maximum atomic E-state index is 11.8. The minimum atomic E-state index is -1.16. The van der Waals surface area contributed by atoms with Crippen LogP contribution in [-0.2, 0) is 9.53 Å². The number of rotatable bonds is 6. The summed E-state index contributed by atoms with van der Waals surface area (Å²) in [5, 5.41) is 25.4. The highest BCUT2D eigenvalue weighted by Gasteiger charge is 2.43. The molecular formula is C15H20N2O6. The molecule has 2 heterocycles. The number of ether oxygens (including phenoxy) is 1. The maximum Gasteiger partial charge on any atom is 0.287 e. The third-order valence-electron chi connectivity index (χ3n) is 4.00. The molecule has 1 aromatic rings. The fourth-order valence-electron chi connectivity index (χ4n) is 2.55. The summed E-state index contributed by atoms with van der Waals surface area (Å²) in [5.74, 6) is -0.488. The van der Waals surface area contributed by atoms with Gasteiger partial charge in [-0.15, -0.1) is 0 Å². The largest absolute Gasteiger partial charge is 0.459 e. The lowest BCUT2D eigenvalue weighted by molar-refractivity contribution is -0.125. The SMILES string of the molecule is O=C(CC1OC(CNC(=O)c2ccco2)C(O)C1O)NC1CC1. The van der Waals surface area contributed by atoms with Gasteiger partial charge in [0, 0.05) is 12.6 Å². The van der Waals surface area contributed by atoms with Crippen LogP contribution in [0.15, 0.2) is 22.8 Å². The first-order chi connectivity index (χ1) is 11.0. The molecule has 4 N–H and O–H groups in total. The van der Waals surface area contributed by atoms with Crippen LogP contribution in [-0.4, -0.2) is 59.0 Å². The fraction of sp³-hybridized carbons (Fsp3) is 0.600. The number of amides is 2. The molecule has 3 rings (SSSR count). The van der Waals surface area contributed by atoms with Gasteiger partial charge in [-0.05, 0) is 25.0 Å². The molecule has 8 heteroatoms. The number of hydrogen-bond acceptors (Lipinski definition) is 6. The predicted molar refractivity (Wildman–Crippen MR) is 77.5 cm³/mol. The summed E-state index contributed by atoms with van der Waals surface area (Å²) in [6.07, 6.45) is -0.563. The molecule has 1 aromatic heterocycles. The molecule has 0 bridgehead atoms. The number of nitrogens with one attached hydrogen (secondary N) is 2. The van der Waals surface area contributed by atoms with Gasteiger partial charge < -0.3 is 30.0 Å². The van der Waals surface area contributed by atoms with Crippen LogP contribution < -0.4 is 10.6 Å². The Balaban J connectivity index is 1.48. The Morgan fingerprint density at radius 3 is 2.61 bits per heavy atom. The Kier molecular flexibility index (Phi) is 4.65. The first-order valence-electron chi connectivity index (χ1n) is 7.67. The highest BCUT2D eigenvalue weighted by atomic mass is 16.5. The van der Waals surface area contributed by atoms with Crippen molar-refractivity contribution in [2.24, 2.45) is 0 Å². The molecule has 126 valence electrons. The lowest BCUT2D eigenvalue weighted by atomic mass is 10.1. The van der Waals surface area contributed by atoms with Gasteiger partial charge in [-0.2, -0.15) is 0 Å². The summed E-state index contributed by atoms with van der Waals surface area (Å²) >= 11 is 0. The van der Waals surface area contributed by atoms with E-state index < -0.39 is 30.3 Å². The Hall–Kier alpha value is -1.90. The van der Waals surface area contributed by atoms with E-state index in [2.05, 4.69) is 10.6 Å². The van der Waals surface area contributed by atoms with Crippen molar-refractivity contribution in [2.75, 3.05) is 6.54 Å². The fourth-order valence-corrected chi connectivity index (χ4v) is 2.55. The van der Waals surface area contributed by atoms with E-state index in [0.29, 0.717) is 0 Å². The summed E-state index contributed by atoms with van der Waals surface area (Å²) < 4.78 is 10.5. The molecule has 23 heavy (non-hydrogen) atoms. The number of furan rings is 1. The number of hydrogen-bond donors (Lipinski definition) is 4.